The highest BCUT2D eigenvalue weighted by molar-refractivity contribution is 5.85. The number of aromatic amines is 1. The molecule has 0 saturated carbocycles. The maximum absolute atomic E-state index is 3.72. The molecule has 1 aliphatic rings. The van der Waals surface area contributed by atoms with Crippen molar-refractivity contribution in [2.24, 2.45) is 0 Å². The van der Waals surface area contributed by atoms with Crippen LogP contribution in [-0.2, 0) is 6.42 Å². The second-order valence-electron chi connectivity index (χ2n) is 6.96. The number of aromatic nitrogens is 1. The van der Waals surface area contributed by atoms with E-state index in [4.69, 9.17) is 0 Å². The highest BCUT2D eigenvalue weighted by Crippen LogP contribution is 2.33. The zero-order chi connectivity index (χ0) is 15.8. The zero-order valence-electron chi connectivity index (χ0n) is 14.0. The Morgan fingerprint density at radius 1 is 1.13 bits per heavy atom. The van der Waals surface area contributed by atoms with E-state index in [0.717, 1.165) is 0 Å². The number of benzene rings is 2. The number of aryl methyl sites for hydroxylation is 2. The number of H-pyrrole nitrogens is 1. The van der Waals surface area contributed by atoms with E-state index < -0.39 is 0 Å². The quantitative estimate of drug-likeness (QED) is 0.728. The molecule has 0 amide bonds. The Labute approximate surface area is 137 Å². The summed E-state index contributed by atoms with van der Waals surface area (Å²) in [6.07, 6.45) is 3.76. The number of hydrogen-bond donors (Lipinski definition) is 2. The van der Waals surface area contributed by atoms with Crippen molar-refractivity contribution in [3.05, 3.63) is 70.9 Å². The fourth-order valence-corrected chi connectivity index (χ4v) is 4.02. The van der Waals surface area contributed by atoms with Crippen LogP contribution in [0.3, 0.4) is 0 Å². The Morgan fingerprint density at radius 3 is 2.78 bits per heavy atom. The van der Waals surface area contributed by atoms with Crippen LogP contribution in [0.25, 0.3) is 10.9 Å². The maximum Gasteiger partial charge on any atom is 0.127 e. The van der Waals surface area contributed by atoms with Crippen molar-refractivity contribution in [2.75, 3.05) is 0 Å². The molecule has 2 aromatic carbocycles. The van der Waals surface area contributed by atoms with Gasteiger partial charge >= 0.3 is 0 Å². The van der Waals surface area contributed by atoms with Gasteiger partial charge in [0.25, 0.3) is 0 Å². The molecular weight excluding hydrogens is 280 g/mol. The predicted octanol–water partition coefficient (Wildman–Crippen LogP) is 4.18. The van der Waals surface area contributed by atoms with E-state index in [-0.39, 0.29) is 0 Å². The van der Waals surface area contributed by atoms with Gasteiger partial charge in [-0.1, -0.05) is 42.0 Å². The fraction of sp³-hybridized carbons (Fsp3) is 0.333. The molecule has 0 spiro atoms. The largest absolute Gasteiger partial charge is 0.353 e. The zero-order valence-corrected chi connectivity index (χ0v) is 14.0. The third-order valence-electron chi connectivity index (χ3n) is 5.25. The number of fused-ring (bicyclic) bond motifs is 3. The molecule has 23 heavy (non-hydrogen) atoms. The molecule has 1 aliphatic carbocycles. The lowest BCUT2D eigenvalue weighted by molar-refractivity contribution is -0.733. The van der Waals surface area contributed by atoms with Crippen LogP contribution >= 0.6 is 0 Å². The average molecular weight is 305 g/mol. The van der Waals surface area contributed by atoms with Gasteiger partial charge in [0.05, 0.1) is 5.69 Å². The van der Waals surface area contributed by atoms with Gasteiger partial charge < -0.3 is 10.3 Å². The van der Waals surface area contributed by atoms with Crippen molar-refractivity contribution in [1.29, 1.82) is 0 Å². The third kappa shape index (κ3) is 2.68. The van der Waals surface area contributed by atoms with Gasteiger partial charge in [0, 0.05) is 22.9 Å². The second kappa shape index (κ2) is 5.86. The van der Waals surface area contributed by atoms with Gasteiger partial charge in [-0.2, -0.15) is 0 Å². The van der Waals surface area contributed by atoms with Gasteiger partial charge in [0.15, 0.2) is 0 Å². The van der Waals surface area contributed by atoms with Gasteiger partial charge in [-0.05, 0) is 44.4 Å². The summed E-state index contributed by atoms with van der Waals surface area (Å²) in [5.41, 5.74) is 7.07. The summed E-state index contributed by atoms with van der Waals surface area (Å²) in [5, 5.41) is 3.97. The Bertz CT molecular complexity index is 816. The van der Waals surface area contributed by atoms with Crippen LogP contribution in [0.1, 0.15) is 54.2 Å². The number of hydrogen-bond acceptors (Lipinski definition) is 0. The maximum atomic E-state index is 3.72. The van der Waals surface area contributed by atoms with Gasteiger partial charge in [-0.25, -0.2) is 0 Å². The molecular formula is C21H25N2+. The smallest absolute Gasteiger partial charge is 0.127 e. The Hall–Kier alpha value is -2.06. The van der Waals surface area contributed by atoms with Crippen LogP contribution in [-0.4, -0.2) is 4.98 Å². The van der Waals surface area contributed by atoms with Crippen LogP contribution in [0, 0.1) is 6.92 Å². The van der Waals surface area contributed by atoms with Gasteiger partial charge in [0.1, 0.15) is 12.1 Å². The molecule has 0 aliphatic heterocycles. The minimum absolute atomic E-state index is 0.486. The topological polar surface area (TPSA) is 32.4 Å². The van der Waals surface area contributed by atoms with E-state index in [9.17, 15) is 0 Å². The molecule has 3 N–H and O–H groups in total. The van der Waals surface area contributed by atoms with Crippen LogP contribution < -0.4 is 5.32 Å². The van der Waals surface area contributed by atoms with Crippen LogP contribution in [0.15, 0.2) is 48.5 Å². The molecule has 0 radical (unpaired) electrons. The van der Waals surface area contributed by atoms with E-state index in [1.54, 1.807) is 5.56 Å². The summed E-state index contributed by atoms with van der Waals surface area (Å²) in [6.45, 7) is 4.50. The molecule has 3 aromatic rings. The van der Waals surface area contributed by atoms with Gasteiger partial charge in [0.2, 0.25) is 0 Å². The fourth-order valence-electron chi connectivity index (χ4n) is 4.02. The molecule has 0 saturated heterocycles. The summed E-state index contributed by atoms with van der Waals surface area (Å²) in [5.74, 6) is 0. The Kier molecular flexibility index (Phi) is 3.70. The molecule has 0 unspecified atom stereocenters. The third-order valence-corrected chi connectivity index (χ3v) is 5.25. The summed E-state index contributed by atoms with van der Waals surface area (Å²) in [4.78, 5) is 3.72. The molecule has 2 atom stereocenters. The van der Waals surface area contributed by atoms with E-state index in [1.165, 1.54) is 47.0 Å². The lowest BCUT2D eigenvalue weighted by Gasteiger charge is -2.24. The highest BCUT2D eigenvalue weighted by atomic mass is 15.0. The minimum atomic E-state index is 0.486. The van der Waals surface area contributed by atoms with Crippen molar-refractivity contribution in [2.45, 2.75) is 45.2 Å². The first-order valence-electron chi connectivity index (χ1n) is 8.73. The monoisotopic (exact) mass is 305 g/mol. The normalized spacial score (nSPS) is 18.8. The SMILES string of the molecule is Cc1ccc2[nH]c3c(c2c1)CCC[C@@H]3[NH2+][C@@H](C)c1ccccc1. The number of rotatable bonds is 3. The molecule has 2 nitrogen and oxygen atoms in total. The first-order valence-corrected chi connectivity index (χ1v) is 8.73. The minimum Gasteiger partial charge on any atom is -0.353 e. The molecule has 4 rings (SSSR count). The van der Waals surface area contributed by atoms with Crippen molar-refractivity contribution in [1.82, 2.24) is 4.98 Å². The van der Waals surface area contributed by atoms with Crippen molar-refractivity contribution < 1.29 is 5.32 Å². The summed E-state index contributed by atoms with van der Waals surface area (Å²) in [7, 11) is 0. The van der Waals surface area contributed by atoms with Crippen LogP contribution in [0.5, 0.6) is 0 Å². The summed E-state index contributed by atoms with van der Waals surface area (Å²) >= 11 is 0. The standard InChI is InChI=1S/C21H24N2/c1-14-11-12-19-18(13-14)17-9-6-10-20(21(17)23-19)22-15(2)16-7-4-3-5-8-16/h3-5,7-8,11-13,15,20,22-23H,6,9-10H2,1-2H3/p+1/t15-,20-/m0/s1. The van der Waals surface area contributed by atoms with Gasteiger partial charge in [-0.3, -0.25) is 0 Å². The van der Waals surface area contributed by atoms with Crippen LogP contribution in [0.2, 0.25) is 0 Å². The van der Waals surface area contributed by atoms with Crippen molar-refractivity contribution in [3.8, 4) is 0 Å². The van der Waals surface area contributed by atoms with E-state index in [1.807, 2.05) is 0 Å². The molecule has 1 aromatic heterocycles. The molecule has 118 valence electrons. The van der Waals surface area contributed by atoms with E-state index >= 15 is 0 Å². The number of nitrogens with two attached hydrogens (primary N) is 1. The molecule has 1 heterocycles. The molecule has 0 fully saturated rings. The Balaban J connectivity index is 1.66. The number of nitrogens with one attached hydrogen (secondary N) is 1. The first-order chi connectivity index (χ1) is 11.2. The molecule has 2 heteroatoms. The Morgan fingerprint density at radius 2 is 1.96 bits per heavy atom. The lowest BCUT2D eigenvalue weighted by atomic mass is 9.90. The summed E-state index contributed by atoms with van der Waals surface area (Å²) in [6, 6.07) is 18.6. The van der Waals surface area contributed by atoms with Crippen molar-refractivity contribution in [3.63, 3.8) is 0 Å². The second-order valence-corrected chi connectivity index (χ2v) is 6.96. The molecule has 0 bridgehead atoms. The average Bonchev–Trinajstić information content (AvgIpc) is 2.95. The van der Waals surface area contributed by atoms with Crippen LogP contribution in [0.4, 0.5) is 0 Å². The lowest BCUT2D eigenvalue weighted by Crippen LogP contribution is -2.86. The summed E-state index contributed by atoms with van der Waals surface area (Å²) < 4.78 is 0. The predicted molar refractivity (Wildman–Crippen MR) is 95.5 cm³/mol. The van der Waals surface area contributed by atoms with E-state index in [0.29, 0.717) is 12.1 Å². The highest BCUT2D eigenvalue weighted by Gasteiger charge is 2.28. The van der Waals surface area contributed by atoms with Crippen molar-refractivity contribution >= 4 is 10.9 Å². The van der Waals surface area contributed by atoms with Gasteiger partial charge in [-0.15, -0.1) is 0 Å². The van der Waals surface area contributed by atoms with E-state index in [2.05, 4.69) is 72.7 Å². The first kappa shape index (κ1) is 14.5. The number of quaternary nitrogens is 1.